The standard InChI is InChI=1S/C10H15N3O2/c1-3-15-9-5-4-8(6-12-9)13-10(14)7(2)11/h4-7H,3,11H2,1-2H3,(H,13,14). The molecule has 0 spiro atoms. The SMILES string of the molecule is CCOc1ccc(NC(=O)C(C)N)cn1. The Bertz CT molecular complexity index is 322. The summed E-state index contributed by atoms with van der Waals surface area (Å²) in [5.41, 5.74) is 6.02. The second-order valence-corrected chi connectivity index (χ2v) is 3.10. The van der Waals surface area contributed by atoms with E-state index in [0.29, 0.717) is 18.2 Å². The summed E-state index contributed by atoms with van der Waals surface area (Å²) in [7, 11) is 0. The average molecular weight is 209 g/mol. The number of ether oxygens (including phenoxy) is 1. The summed E-state index contributed by atoms with van der Waals surface area (Å²) < 4.78 is 5.16. The summed E-state index contributed by atoms with van der Waals surface area (Å²) >= 11 is 0. The van der Waals surface area contributed by atoms with E-state index in [-0.39, 0.29) is 5.91 Å². The monoisotopic (exact) mass is 209 g/mol. The van der Waals surface area contributed by atoms with E-state index in [2.05, 4.69) is 10.3 Å². The molecule has 0 fully saturated rings. The molecule has 5 heteroatoms. The molecule has 1 aromatic rings. The second kappa shape index (κ2) is 5.31. The molecule has 0 bridgehead atoms. The molecule has 0 aliphatic carbocycles. The van der Waals surface area contributed by atoms with Crippen molar-refractivity contribution in [3.63, 3.8) is 0 Å². The van der Waals surface area contributed by atoms with Gasteiger partial charge in [0, 0.05) is 6.07 Å². The zero-order valence-electron chi connectivity index (χ0n) is 8.86. The zero-order valence-corrected chi connectivity index (χ0v) is 8.86. The van der Waals surface area contributed by atoms with Crippen molar-refractivity contribution in [2.75, 3.05) is 11.9 Å². The minimum atomic E-state index is -0.531. The van der Waals surface area contributed by atoms with E-state index in [0.717, 1.165) is 0 Å². The van der Waals surface area contributed by atoms with Crippen molar-refractivity contribution < 1.29 is 9.53 Å². The van der Waals surface area contributed by atoms with Crippen molar-refractivity contribution in [2.45, 2.75) is 19.9 Å². The molecule has 1 atom stereocenters. The van der Waals surface area contributed by atoms with E-state index in [1.54, 1.807) is 19.1 Å². The number of pyridine rings is 1. The van der Waals surface area contributed by atoms with E-state index in [1.165, 1.54) is 6.20 Å². The first kappa shape index (κ1) is 11.5. The number of anilines is 1. The summed E-state index contributed by atoms with van der Waals surface area (Å²) in [5, 5.41) is 2.63. The highest BCUT2D eigenvalue weighted by molar-refractivity contribution is 5.94. The van der Waals surface area contributed by atoms with E-state index in [1.807, 2.05) is 6.92 Å². The van der Waals surface area contributed by atoms with Crippen molar-refractivity contribution in [3.8, 4) is 5.88 Å². The summed E-state index contributed by atoms with van der Waals surface area (Å²) in [6.07, 6.45) is 1.53. The van der Waals surface area contributed by atoms with Gasteiger partial charge in [-0.05, 0) is 19.9 Å². The molecule has 0 saturated carbocycles. The third-order valence-corrected chi connectivity index (χ3v) is 1.71. The highest BCUT2D eigenvalue weighted by atomic mass is 16.5. The lowest BCUT2D eigenvalue weighted by molar-refractivity contribution is -0.117. The third kappa shape index (κ3) is 3.55. The Hall–Kier alpha value is -1.62. The zero-order chi connectivity index (χ0) is 11.3. The predicted octanol–water partition coefficient (Wildman–Crippen LogP) is 0.766. The fourth-order valence-corrected chi connectivity index (χ4v) is 0.944. The van der Waals surface area contributed by atoms with Gasteiger partial charge in [-0.25, -0.2) is 4.98 Å². The van der Waals surface area contributed by atoms with Gasteiger partial charge in [-0.3, -0.25) is 4.79 Å². The van der Waals surface area contributed by atoms with Gasteiger partial charge in [0.05, 0.1) is 24.5 Å². The van der Waals surface area contributed by atoms with Crippen LogP contribution in [0.1, 0.15) is 13.8 Å². The van der Waals surface area contributed by atoms with Gasteiger partial charge in [-0.15, -0.1) is 0 Å². The Morgan fingerprint density at radius 3 is 2.87 bits per heavy atom. The van der Waals surface area contributed by atoms with Crippen molar-refractivity contribution in [1.29, 1.82) is 0 Å². The number of nitrogens with two attached hydrogens (primary N) is 1. The molecule has 0 aliphatic rings. The molecule has 1 amide bonds. The molecule has 82 valence electrons. The molecule has 5 nitrogen and oxygen atoms in total. The fraction of sp³-hybridized carbons (Fsp3) is 0.400. The van der Waals surface area contributed by atoms with Crippen LogP contribution < -0.4 is 15.8 Å². The number of amides is 1. The van der Waals surface area contributed by atoms with Crippen LogP contribution in [0.2, 0.25) is 0 Å². The van der Waals surface area contributed by atoms with Crippen LogP contribution in [0.3, 0.4) is 0 Å². The Balaban J connectivity index is 2.60. The maximum absolute atomic E-state index is 11.2. The normalized spacial score (nSPS) is 11.9. The Morgan fingerprint density at radius 2 is 2.40 bits per heavy atom. The minimum absolute atomic E-state index is 0.235. The number of nitrogens with one attached hydrogen (secondary N) is 1. The topological polar surface area (TPSA) is 77.2 Å². The van der Waals surface area contributed by atoms with E-state index < -0.39 is 6.04 Å². The molecular formula is C10H15N3O2. The number of hydrogen-bond acceptors (Lipinski definition) is 4. The van der Waals surface area contributed by atoms with Gasteiger partial charge in [0.15, 0.2) is 0 Å². The average Bonchev–Trinajstić information content (AvgIpc) is 2.21. The molecule has 0 aliphatic heterocycles. The maximum Gasteiger partial charge on any atom is 0.241 e. The minimum Gasteiger partial charge on any atom is -0.478 e. The smallest absolute Gasteiger partial charge is 0.241 e. The van der Waals surface area contributed by atoms with Gasteiger partial charge in [0.1, 0.15) is 0 Å². The van der Waals surface area contributed by atoms with Crippen molar-refractivity contribution in [3.05, 3.63) is 18.3 Å². The number of nitrogens with zero attached hydrogens (tertiary/aromatic N) is 1. The van der Waals surface area contributed by atoms with Crippen LogP contribution in [-0.2, 0) is 4.79 Å². The summed E-state index contributed by atoms with van der Waals surface area (Å²) in [6, 6.07) is 2.88. The molecule has 0 radical (unpaired) electrons. The number of aromatic nitrogens is 1. The predicted molar refractivity (Wildman–Crippen MR) is 57.7 cm³/mol. The molecule has 1 unspecified atom stereocenters. The van der Waals surface area contributed by atoms with Gasteiger partial charge >= 0.3 is 0 Å². The summed E-state index contributed by atoms with van der Waals surface area (Å²) in [4.78, 5) is 15.2. The Labute approximate surface area is 88.6 Å². The third-order valence-electron chi connectivity index (χ3n) is 1.71. The molecule has 15 heavy (non-hydrogen) atoms. The largest absolute Gasteiger partial charge is 0.478 e. The van der Waals surface area contributed by atoms with Crippen LogP contribution in [0.15, 0.2) is 18.3 Å². The molecule has 0 saturated heterocycles. The molecule has 1 rings (SSSR count). The summed E-state index contributed by atoms with van der Waals surface area (Å²) in [5.74, 6) is 0.303. The number of rotatable bonds is 4. The second-order valence-electron chi connectivity index (χ2n) is 3.10. The van der Waals surface area contributed by atoms with Crippen LogP contribution in [0.5, 0.6) is 5.88 Å². The lowest BCUT2D eigenvalue weighted by Gasteiger charge is -2.07. The Morgan fingerprint density at radius 1 is 1.67 bits per heavy atom. The number of carbonyl (C=O) groups excluding carboxylic acids is 1. The van der Waals surface area contributed by atoms with Crippen molar-refractivity contribution in [1.82, 2.24) is 4.98 Å². The van der Waals surface area contributed by atoms with E-state index in [9.17, 15) is 4.79 Å². The van der Waals surface area contributed by atoms with Gasteiger partial charge in [0.25, 0.3) is 0 Å². The molecule has 3 N–H and O–H groups in total. The first-order valence-electron chi connectivity index (χ1n) is 4.78. The van der Waals surface area contributed by atoms with Gasteiger partial charge in [-0.2, -0.15) is 0 Å². The van der Waals surface area contributed by atoms with Crippen molar-refractivity contribution >= 4 is 11.6 Å². The highest BCUT2D eigenvalue weighted by Gasteiger charge is 2.07. The molecule has 1 aromatic heterocycles. The van der Waals surface area contributed by atoms with Crippen LogP contribution in [0.25, 0.3) is 0 Å². The van der Waals surface area contributed by atoms with Crippen LogP contribution in [-0.4, -0.2) is 23.5 Å². The summed E-state index contributed by atoms with van der Waals surface area (Å²) in [6.45, 7) is 4.07. The first-order valence-corrected chi connectivity index (χ1v) is 4.78. The van der Waals surface area contributed by atoms with Crippen molar-refractivity contribution in [2.24, 2.45) is 5.73 Å². The fourth-order valence-electron chi connectivity index (χ4n) is 0.944. The van der Waals surface area contributed by atoms with Gasteiger partial charge in [0.2, 0.25) is 11.8 Å². The lowest BCUT2D eigenvalue weighted by Crippen LogP contribution is -2.32. The molecule has 1 heterocycles. The molecular weight excluding hydrogens is 194 g/mol. The van der Waals surface area contributed by atoms with Gasteiger partial charge in [-0.1, -0.05) is 0 Å². The highest BCUT2D eigenvalue weighted by Crippen LogP contribution is 2.11. The number of hydrogen-bond donors (Lipinski definition) is 2. The molecule has 0 aromatic carbocycles. The lowest BCUT2D eigenvalue weighted by atomic mass is 10.3. The van der Waals surface area contributed by atoms with E-state index >= 15 is 0 Å². The number of carbonyl (C=O) groups is 1. The van der Waals surface area contributed by atoms with Crippen LogP contribution >= 0.6 is 0 Å². The first-order chi connectivity index (χ1) is 7.13. The van der Waals surface area contributed by atoms with Crippen LogP contribution in [0, 0.1) is 0 Å². The quantitative estimate of drug-likeness (QED) is 0.767. The maximum atomic E-state index is 11.2. The van der Waals surface area contributed by atoms with E-state index in [4.69, 9.17) is 10.5 Å². The van der Waals surface area contributed by atoms with Gasteiger partial charge < -0.3 is 15.8 Å². The Kier molecular flexibility index (Phi) is 4.05. The van der Waals surface area contributed by atoms with Crippen LogP contribution in [0.4, 0.5) is 5.69 Å².